The number of hydrogen-bond acceptors (Lipinski definition) is 5. The van der Waals surface area contributed by atoms with Crippen LogP contribution in [-0.2, 0) is 0 Å². The number of nitrogens with zero attached hydrogens (tertiary/aromatic N) is 2. The highest BCUT2D eigenvalue weighted by Crippen LogP contribution is 2.25. The molecule has 0 aliphatic carbocycles. The Morgan fingerprint density at radius 2 is 2.19 bits per heavy atom. The van der Waals surface area contributed by atoms with Gasteiger partial charge in [0.05, 0.1) is 16.1 Å². The van der Waals surface area contributed by atoms with Gasteiger partial charge in [-0.25, -0.2) is 0 Å². The molecule has 106 valence electrons. The Hall–Kier alpha value is -2.05. The Morgan fingerprint density at radius 3 is 3.05 bits per heavy atom. The summed E-state index contributed by atoms with van der Waals surface area (Å²) in [5.41, 5.74) is 8.92. The predicted molar refractivity (Wildman–Crippen MR) is 93.6 cm³/mol. The van der Waals surface area contributed by atoms with Crippen molar-refractivity contribution in [3.63, 3.8) is 0 Å². The van der Waals surface area contributed by atoms with Crippen LogP contribution in [0.25, 0.3) is 10.9 Å². The van der Waals surface area contributed by atoms with E-state index < -0.39 is 0 Å². The van der Waals surface area contributed by atoms with Crippen molar-refractivity contribution >= 4 is 51.4 Å². The molecule has 0 bridgehead atoms. The highest BCUT2D eigenvalue weighted by Gasteiger charge is 2.04. The molecule has 0 atom stereocenters. The number of benzene rings is 1. The summed E-state index contributed by atoms with van der Waals surface area (Å²) in [4.78, 5) is 5.28. The first-order valence-corrected chi connectivity index (χ1v) is 8.40. The Balaban J connectivity index is 1.83. The molecule has 0 saturated heterocycles. The number of aromatic nitrogens is 1. The minimum Gasteiger partial charge on any atom is -0.382 e. The van der Waals surface area contributed by atoms with Gasteiger partial charge in [-0.15, -0.1) is 11.3 Å². The van der Waals surface area contributed by atoms with Crippen molar-refractivity contribution < 1.29 is 0 Å². The quantitative estimate of drug-likeness (QED) is 0.434. The molecular weight excluding hydrogens is 300 g/mol. The molecule has 4 nitrogen and oxygen atoms in total. The lowest BCUT2D eigenvalue weighted by atomic mass is 10.2. The number of amidine groups is 1. The fourth-order valence-corrected chi connectivity index (χ4v) is 3.09. The molecule has 0 spiro atoms. The highest BCUT2D eigenvalue weighted by atomic mass is 32.2. The van der Waals surface area contributed by atoms with E-state index in [1.807, 2.05) is 35.9 Å². The van der Waals surface area contributed by atoms with Gasteiger partial charge in [0.25, 0.3) is 0 Å². The molecule has 1 aromatic carbocycles. The van der Waals surface area contributed by atoms with E-state index in [1.165, 1.54) is 11.9 Å². The molecule has 3 rings (SSSR count). The lowest BCUT2D eigenvalue weighted by molar-refractivity contribution is 1.41. The fourth-order valence-electron chi connectivity index (χ4n) is 2.00. The van der Waals surface area contributed by atoms with E-state index in [0.29, 0.717) is 5.84 Å². The van der Waals surface area contributed by atoms with Crippen LogP contribution in [-0.4, -0.2) is 17.1 Å². The first-order valence-electron chi connectivity index (χ1n) is 6.33. The Morgan fingerprint density at radius 1 is 1.29 bits per heavy atom. The number of nitrogens with one attached hydrogen (secondary N) is 1. The van der Waals surface area contributed by atoms with Crippen molar-refractivity contribution in [2.24, 2.45) is 10.1 Å². The van der Waals surface area contributed by atoms with Crippen LogP contribution in [0.15, 0.2) is 52.4 Å². The molecule has 2 aromatic heterocycles. The van der Waals surface area contributed by atoms with Gasteiger partial charge in [-0.3, -0.25) is 4.98 Å². The largest absolute Gasteiger partial charge is 0.382 e. The minimum atomic E-state index is 0.559. The third-order valence-electron chi connectivity index (χ3n) is 2.93. The zero-order chi connectivity index (χ0) is 14.7. The van der Waals surface area contributed by atoms with Crippen molar-refractivity contribution in [2.75, 3.05) is 11.6 Å². The second-order valence-corrected chi connectivity index (χ2v) is 5.85. The molecule has 0 radical (unpaired) electrons. The molecule has 0 unspecified atom stereocenters. The average molecular weight is 314 g/mol. The van der Waals surface area contributed by atoms with Crippen molar-refractivity contribution in [2.45, 2.75) is 0 Å². The first-order chi connectivity index (χ1) is 10.3. The van der Waals surface area contributed by atoms with Gasteiger partial charge in [-0.05, 0) is 42.3 Å². The van der Waals surface area contributed by atoms with Gasteiger partial charge >= 0.3 is 0 Å². The second-order valence-electron chi connectivity index (χ2n) is 4.39. The number of anilines is 2. The molecule has 0 aliphatic rings. The molecule has 2 heterocycles. The molecular formula is C15H14N4S2. The molecule has 3 N–H and O–H groups in total. The van der Waals surface area contributed by atoms with Gasteiger partial charge in [0.1, 0.15) is 5.84 Å². The van der Waals surface area contributed by atoms with Gasteiger partial charge < -0.3 is 11.1 Å². The molecule has 0 fully saturated rings. The van der Waals surface area contributed by atoms with Gasteiger partial charge in [-0.2, -0.15) is 4.40 Å². The maximum absolute atomic E-state index is 5.89. The number of nitrogens with two attached hydrogens (primary N) is 1. The van der Waals surface area contributed by atoms with Crippen LogP contribution >= 0.6 is 23.3 Å². The van der Waals surface area contributed by atoms with Crippen molar-refractivity contribution in [1.29, 1.82) is 0 Å². The summed E-state index contributed by atoms with van der Waals surface area (Å²) >= 11 is 2.94. The monoisotopic (exact) mass is 314 g/mol. The van der Waals surface area contributed by atoms with Crippen molar-refractivity contribution in [1.82, 2.24) is 4.98 Å². The third kappa shape index (κ3) is 3.17. The second kappa shape index (κ2) is 6.15. The van der Waals surface area contributed by atoms with E-state index in [-0.39, 0.29) is 0 Å². The molecule has 6 heteroatoms. The summed E-state index contributed by atoms with van der Waals surface area (Å²) in [6, 6.07) is 12.1. The van der Waals surface area contributed by atoms with Crippen LogP contribution in [0.3, 0.4) is 0 Å². The molecule has 21 heavy (non-hydrogen) atoms. The summed E-state index contributed by atoms with van der Waals surface area (Å²) in [5, 5.41) is 6.52. The van der Waals surface area contributed by atoms with Crippen LogP contribution in [0.2, 0.25) is 0 Å². The van der Waals surface area contributed by atoms with Crippen LogP contribution in [0.4, 0.5) is 11.4 Å². The average Bonchev–Trinajstić information content (AvgIpc) is 2.96. The van der Waals surface area contributed by atoms with Gasteiger partial charge in [0, 0.05) is 28.9 Å². The van der Waals surface area contributed by atoms with Crippen LogP contribution in [0, 0.1) is 0 Å². The van der Waals surface area contributed by atoms with Crippen molar-refractivity contribution in [3.8, 4) is 0 Å². The molecule has 0 aliphatic heterocycles. The van der Waals surface area contributed by atoms with Crippen LogP contribution < -0.4 is 11.1 Å². The number of pyridine rings is 1. The van der Waals surface area contributed by atoms with Crippen LogP contribution in [0.5, 0.6) is 0 Å². The summed E-state index contributed by atoms with van der Waals surface area (Å²) in [7, 11) is 0. The normalized spacial score (nSPS) is 11.8. The third-order valence-corrected chi connectivity index (χ3v) is 4.27. The Kier molecular flexibility index (Phi) is 4.08. The molecule has 3 aromatic rings. The number of fused-ring (bicyclic) bond motifs is 1. The summed E-state index contributed by atoms with van der Waals surface area (Å²) in [6.45, 7) is 0. The lowest BCUT2D eigenvalue weighted by Crippen LogP contribution is -2.10. The van der Waals surface area contributed by atoms with Gasteiger partial charge in [-0.1, -0.05) is 6.07 Å². The lowest BCUT2D eigenvalue weighted by Gasteiger charge is -2.05. The fraction of sp³-hybridized carbons (Fsp3) is 0.0667. The maximum atomic E-state index is 5.89. The number of thiophene rings is 1. The smallest absolute Gasteiger partial charge is 0.148 e. The predicted octanol–water partition coefficient (Wildman–Crippen LogP) is 4.02. The standard InChI is InChI=1S/C15H14N4S2/c1-20-19-15(16)14-8-12(9-21-14)18-11-4-5-13-10(7-11)3-2-6-17-13/h2-9,18H,1H3,(H2,16,19). The molecule has 0 saturated carbocycles. The SMILES string of the molecule is CSN=C(N)c1cc(Nc2ccc3ncccc3c2)cs1. The van der Waals surface area contributed by atoms with Crippen LogP contribution in [0.1, 0.15) is 4.88 Å². The maximum Gasteiger partial charge on any atom is 0.148 e. The van der Waals surface area contributed by atoms with Gasteiger partial charge in [0.2, 0.25) is 0 Å². The first kappa shape index (κ1) is 13.9. The topological polar surface area (TPSA) is 63.3 Å². The van der Waals surface area contributed by atoms with E-state index in [0.717, 1.165) is 27.2 Å². The van der Waals surface area contributed by atoms with E-state index in [9.17, 15) is 0 Å². The summed E-state index contributed by atoms with van der Waals surface area (Å²) < 4.78 is 4.14. The van der Waals surface area contributed by atoms with E-state index in [2.05, 4.69) is 26.8 Å². The van der Waals surface area contributed by atoms with Crippen molar-refractivity contribution in [3.05, 3.63) is 52.9 Å². The van der Waals surface area contributed by atoms with E-state index in [4.69, 9.17) is 5.73 Å². The summed E-state index contributed by atoms with van der Waals surface area (Å²) in [5.74, 6) is 0.559. The minimum absolute atomic E-state index is 0.559. The number of rotatable bonds is 4. The highest BCUT2D eigenvalue weighted by molar-refractivity contribution is 7.97. The zero-order valence-electron chi connectivity index (χ0n) is 11.4. The Bertz CT molecular complexity index is 795. The number of hydrogen-bond donors (Lipinski definition) is 2. The molecule has 0 amide bonds. The Labute approximate surface area is 131 Å². The zero-order valence-corrected chi connectivity index (χ0v) is 13.0. The van der Waals surface area contributed by atoms with E-state index in [1.54, 1.807) is 17.5 Å². The van der Waals surface area contributed by atoms with E-state index >= 15 is 0 Å². The summed E-state index contributed by atoms with van der Waals surface area (Å²) in [6.07, 6.45) is 3.69. The van der Waals surface area contributed by atoms with Gasteiger partial charge in [0.15, 0.2) is 0 Å².